The van der Waals surface area contributed by atoms with E-state index in [0.29, 0.717) is 12.1 Å². The standard InChI is InChI=1S/C12H24N4/c1-9-3-7-11(8-4-9)16(2)12(15-13)14-10-5-6-10/h9-11H,3-8,13H2,1-2H3,(H,14,15). The predicted molar refractivity (Wildman–Crippen MR) is 67.0 cm³/mol. The van der Waals surface area contributed by atoms with E-state index in [0.717, 1.165) is 11.9 Å². The largest absolute Gasteiger partial charge is 0.342 e. The van der Waals surface area contributed by atoms with Crippen LogP contribution < -0.4 is 11.3 Å². The average molecular weight is 224 g/mol. The van der Waals surface area contributed by atoms with Crippen molar-refractivity contribution < 1.29 is 0 Å². The van der Waals surface area contributed by atoms with Crippen molar-refractivity contribution in [3.05, 3.63) is 0 Å². The third kappa shape index (κ3) is 2.88. The minimum absolute atomic E-state index is 0.524. The molecule has 0 aliphatic heterocycles. The van der Waals surface area contributed by atoms with Crippen molar-refractivity contribution in [2.75, 3.05) is 7.05 Å². The van der Waals surface area contributed by atoms with Crippen LogP contribution in [0.2, 0.25) is 0 Å². The van der Waals surface area contributed by atoms with E-state index >= 15 is 0 Å². The van der Waals surface area contributed by atoms with Crippen LogP contribution in [0, 0.1) is 5.92 Å². The summed E-state index contributed by atoms with van der Waals surface area (Å²) < 4.78 is 0. The zero-order valence-corrected chi connectivity index (χ0v) is 10.4. The average Bonchev–Trinajstić information content (AvgIpc) is 3.10. The first-order chi connectivity index (χ1) is 7.70. The fourth-order valence-corrected chi connectivity index (χ4v) is 2.41. The first kappa shape index (κ1) is 11.7. The van der Waals surface area contributed by atoms with Crippen molar-refractivity contribution >= 4 is 5.96 Å². The van der Waals surface area contributed by atoms with Gasteiger partial charge in [0.05, 0.1) is 6.04 Å². The minimum atomic E-state index is 0.524. The van der Waals surface area contributed by atoms with E-state index in [-0.39, 0.29) is 0 Å². The molecule has 0 aromatic carbocycles. The summed E-state index contributed by atoms with van der Waals surface area (Å²) in [5.41, 5.74) is 2.76. The van der Waals surface area contributed by atoms with Crippen LogP contribution in [-0.2, 0) is 0 Å². The molecular formula is C12H24N4. The summed E-state index contributed by atoms with van der Waals surface area (Å²) in [7, 11) is 2.11. The van der Waals surface area contributed by atoms with E-state index in [1.54, 1.807) is 0 Å². The van der Waals surface area contributed by atoms with E-state index in [4.69, 9.17) is 5.84 Å². The second-order valence-corrected chi connectivity index (χ2v) is 5.35. The molecule has 4 heteroatoms. The maximum Gasteiger partial charge on any atom is 0.208 e. The van der Waals surface area contributed by atoms with E-state index in [1.165, 1.54) is 38.5 Å². The molecule has 0 aromatic rings. The molecule has 0 atom stereocenters. The zero-order chi connectivity index (χ0) is 11.5. The van der Waals surface area contributed by atoms with Crippen molar-refractivity contribution in [2.45, 2.75) is 57.5 Å². The number of nitrogens with two attached hydrogens (primary N) is 1. The number of hydrazine groups is 1. The van der Waals surface area contributed by atoms with Gasteiger partial charge in [-0.15, -0.1) is 0 Å². The van der Waals surface area contributed by atoms with Gasteiger partial charge in [-0.25, -0.2) is 10.8 Å². The highest BCUT2D eigenvalue weighted by atomic mass is 15.4. The Morgan fingerprint density at radius 1 is 1.19 bits per heavy atom. The number of nitrogens with one attached hydrogen (secondary N) is 1. The molecule has 2 aliphatic carbocycles. The lowest BCUT2D eigenvalue weighted by Gasteiger charge is -2.35. The molecule has 0 unspecified atom stereocenters. The van der Waals surface area contributed by atoms with Crippen LogP contribution >= 0.6 is 0 Å². The Bertz CT molecular complexity index is 252. The molecule has 0 heterocycles. The topological polar surface area (TPSA) is 53.6 Å². The van der Waals surface area contributed by atoms with Crippen LogP contribution in [0.15, 0.2) is 4.99 Å². The van der Waals surface area contributed by atoms with E-state index in [1.807, 2.05) is 0 Å². The van der Waals surface area contributed by atoms with Gasteiger partial charge >= 0.3 is 0 Å². The van der Waals surface area contributed by atoms with Crippen LogP contribution in [0.5, 0.6) is 0 Å². The number of guanidine groups is 1. The molecule has 0 bridgehead atoms. The highest BCUT2D eigenvalue weighted by Gasteiger charge is 2.26. The lowest BCUT2D eigenvalue weighted by molar-refractivity contribution is 0.234. The second-order valence-electron chi connectivity index (χ2n) is 5.35. The Morgan fingerprint density at radius 2 is 1.81 bits per heavy atom. The molecule has 2 aliphatic rings. The van der Waals surface area contributed by atoms with Gasteiger partial charge in [0.1, 0.15) is 0 Å². The number of hydrogen-bond acceptors (Lipinski definition) is 2. The van der Waals surface area contributed by atoms with E-state index < -0.39 is 0 Å². The third-order valence-corrected chi connectivity index (χ3v) is 3.85. The summed E-state index contributed by atoms with van der Waals surface area (Å²) in [6, 6.07) is 1.14. The van der Waals surface area contributed by atoms with Crippen LogP contribution in [0.25, 0.3) is 0 Å². The van der Waals surface area contributed by atoms with Gasteiger partial charge in [-0.1, -0.05) is 6.92 Å². The summed E-state index contributed by atoms with van der Waals surface area (Å²) in [6.07, 6.45) is 7.64. The maximum absolute atomic E-state index is 5.56. The van der Waals surface area contributed by atoms with Crippen molar-refractivity contribution in [1.82, 2.24) is 10.3 Å². The van der Waals surface area contributed by atoms with Crippen molar-refractivity contribution in [1.29, 1.82) is 0 Å². The lowest BCUT2D eigenvalue weighted by atomic mass is 9.87. The minimum Gasteiger partial charge on any atom is -0.342 e. The first-order valence-electron chi connectivity index (χ1n) is 6.48. The Hall–Kier alpha value is -0.770. The highest BCUT2D eigenvalue weighted by molar-refractivity contribution is 5.79. The highest BCUT2D eigenvalue weighted by Crippen LogP contribution is 2.27. The summed E-state index contributed by atoms with van der Waals surface area (Å²) in [5, 5.41) is 0. The lowest BCUT2D eigenvalue weighted by Crippen LogP contribution is -2.48. The van der Waals surface area contributed by atoms with Gasteiger partial charge in [-0.2, -0.15) is 0 Å². The van der Waals surface area contributed by atoms with Crippen LogP contribution in [-0.4, -0.2) is 30.0 Å². The normalized spacial score (nSPS) is 31.3. The predicted octanol–water partition coefficient (Wildman–Crippen LogP) is 1.48. The number of aliphatic imine (C=N–C) groups is 1. The summed E-state index contributed by atoms with van der Waals surface area (Å²) >= 11 is 0. The molecule has 16 heavy (non-hydrogen) atoms. The molecule has 3 N–H and O–H groups in total. The quantitative estimate of drug-likeness (QED) is 0.323. The third-order valence-electron chi connectivity index (χ3n) is 3.85. The van der Waals surface area contributed by atoms with Crippen LogP contribution in [0.1, 0.15) is 45.4 Å². The van der Waals surface area contributed by atoms with Crippen molar-refractivity contribution in [3.63, 3.8) is 0 Å². The van der Waals surface area contributed by atoms with Gasteiger partial charge in [-0.3, -0.25) is 5.43 Å². The summed E-state index contributed by atoms with van der Waals surface area (Å²) in [6.45, 7) is 2.34. The molecular weight excluding hydrogens is 200 g/mol. The molecule has 0 spiro atoms. The molecule has 0 saturated heterocycles. The Balaban J connectivity index is 1.91. The van der Waals surface area contributed by atoms with E-state index in [9.17, 15) is 0 Å². The van der Waals surface area contributed by atoms with Crippen molar-refractivity contribution in [2.24, 2.45) is 16.8 Å². The van der Waals surface area contributed by atoms with Crippen LogP contribution in [0.3, 0.4) is 0 Å². The Labute approximate surface area is 98.3 Å². The molecule has 4 nitrogen and oxygen atoms in total. The second kappa shape index (κ2) is 5.04. The monoisotopic (exact) mass is 224 g/mol. The van der Waals surface area contributed by atoms with Gasteiger partial charge in [0.2, 0.25) is 5.96 Å². The van der Waals surface area contributed by atoms with Gasteiger partial charge in [0.25, 0.3) is 0 Å². The first-order valence-corrected chi connectivity index (χ1v) is 6.48. The van der Waals surface area contributed by atoms with Gasteiger partial charge in [0, 0.05) is 13.1 Å². The van der Waals surface area contributed by atoms with E-state index in [2.05, 4.69) is 29.3 Å². The fraction of sp³-hybridized carbons (Fsp3) is 0.917. The van der Waals surface area contributed by atoms with Crippen LogP contribution in [0.4, 0.5) is 0 Å². The number of hydrogen-bond donors (Lipinski definition) is 2. The number of nitrogens with zero attached hydrogens (tertiary/aromatic N) is 2. The zero-order valence-electron chi connectivity index (χ0n) is 10.4. The fourth-order valence-electron chi connectivity index (χ4n) is 2.41. The molecule has 92 valence electrons. The van der Waals surface area contributed by atoms with Gasteiger partial charge in [0.15, 0.2) is 0 Å². The van der Waals surface area contributed by atoms with Crippen molar-refractivity contribution in [3.8, 4) is 0 Å². The summed E-state index contributed by atoms with van der Waals surface area (Å²) in [5.74, 6) is 7.33. The maximum atomic E-state index is 5.56. The molecule has 0 radical (unpaired) electrons. The number of rotatable bonds is 2. The Morgan fingerprint density at radius 3 is 2.31 bits per heavy atom. The SMILES string of the molecule is CC1CCC(N(C)C(=NC2CC2)NN)CC1. The Kier molecular flexibility index (Phi) is 3.69. The molecule has 0 amide bonds. The molecule has 2 rings (SSSR count). The van der Waals surface area contributed by atoms with Gasteiger partial charge in [-0.05, 0) is 44.4 Å². The molecule has 2 saturated carbocycles. The molecule has 2 fully saturated rings. The summed E-state index contributed by atoms with van der Waals surface area (Å²) in [4.78, 5) is 6.85. The van der Waals surface area contributed by atoms with Gasteiger partial charge < -0.3 is 4.90 Å². The molecule has 0 aromatic heterocycles. The smallest absolute Gasteiger partial charge is 0.208 e.